The lowest BCUT2D eigenvalue weighted by molar-refractivity contribution is -0.273. The number of rotatable bonds is 4. The minimum Gasteiger partial charge on any atom is -0.458 e. The highest BCUT2D eigenvalue weighted by atomic mass is 17.1. The molecule has 2 unspecified atom stereocenters. The molecule has 1 saturated heterocycles. The summed E-state index contributed by atoms with van der Waals surface area (Å²) < 4.78 is 16.5. The van der Waals surface area contributed by atoms with Crippen molar-refractivity contribution in [2.45, 2.75) is 65.0 Å². The molecule has 0 aromatic heterocycles. The predicted molar refractivity (Wildman–Crippen MR) is 107 cm³/mol. The summed E-state index contributed by atoms with van der Waals surface area (Å²) in [6.07, 6.45) is 0.261. The van der Waals surface area contributed by atoms with Crippen molar-refractivity contribution >= 4 is 17.9 Å². The van der Waals surface area contributed by atoms with Crippen molar-refractivity contribution in [3.8, 4) is 0 Å². The quantitative estimate of drug-likeness (QED) is 0.185. The third-order valence-corrected chi connectivity index (χ3v) is 5.39. The van der Waals surface area contributed by atoms with Crippen LogP contribution in [0.25, 0.3) is 0 Å². The van der Waals surface area contributed by atoms with Gasteiger partial charge in [-0.25, -0.2) is 14.5 Å². The average molecular weight is 420 g/mol. The van der Waals surface area contributed by atoms with Crippen molar-refractivity contribution in [3.63, 3.8) is 0 Å². The summed E-state index contributed by atoms with van der Waals surface area (Å²) in [6, 6.07) is 0. The van der Waals surface area contributed by atoms with E-state index in [1.807, 2.05) is 0 Å². The fourth-order valence-corrected chi connectivity index (χ4v) is 3.53. The van der Waals surface area contributed by atoms with E-state index in [0.717, 1.165) is 0 Å². The van der Waals surface area contributed by atoms with Crippen LogP contribution in [0.15, 0.2) is 47.6 Å². The van der Waals surface area contributed by atoms with Gasteiger partial charge in [-0.05, 0) is 38.0 Å². The zero-order valence-corrected chi connectivity index (χ0v) is 17.7. The monoisotopic (exact) mass is 420 g/mol. The van der Waals surface area contributed by atoms with Crippen molar-refractivity contribution in [2.75, 3.05) is 0 Å². The van der Waals surface area contributed by atoms with Crippen LogP contribution in [-0.2, 0) is 33.5 Å². The zero-order chi connectivity index (χ0) is 22.6. The van der Waals surface area contributed by atoms with Crippen LogP contribution >= 0.6 is 0 Å². The van der Waals surface area contributed by atoms with Gasteiger partial charge in [-0.3, -0.25) is 10.1 Å². The van der Waals surface area contributed by atoms with Gasteiger partial charge in [0.05, 0.1) is 5.92 Å². The lowest BCUT2D eigenvalue weighted by atomic mass is 9.83. The molecule has 1 aliphatic heterocycles. The van der Waals surface area contributed by atoms with E-state index in [-0.39, 0.29) is 18.4 Å². The Morgan fingerprint density at radius 2 is 1.90 bits per heavy atom. The van der Waals surface area contributed by atoms with Gasteiger partial charge in [0.15, 0.2) is 0 Å². The Bertz CT molecular complexity index is 806. The minimum atomic E-state index is -0.885. The Labute approximate surface area is 175 Å². The molecular weight excluding hydrogens is 392 g/mol. The zero-order valence-electron chi connectivity index (χ0n) is 17.7. The van der Waals surface area contributed by atoms with Gasteiger partial charge in [0.1, 0.15) is 24.4 Å². The molecule has 1 heterocycles. The minimum absolute atomic E-state index is 0.0878. The first kappa shape index (κ1) is 23.6. The number of allylic oxidation sites excluding steroid dienone is 1. The van der Waals surface area contributed by atoms with E-state index < -0.39 is 48.2 Å². The molecule has 0 aromatic rings. The molecule has 5 atom stereocenters. The van der Waals surface area contributed by atoms with Crippen LogP contribution in [-0.4, -0.2) is 47.6 Å². The first-order valence-electron chi connectivity index (χ1n) is 9.66. The van der Waals surface area contributed by atoms with Crippen molar-refractivity contribution in [1.29, 1.82) is 0 Å². The van der Waals surface area contributed by atoms with Crippen molar-refractivity contribution in [3.05, 3.63) is 47.6 Å². The number of ether oxygens (including phenoxy) is 3. The van der Waals surface area contributed by atoms with Gasteiger partial charge in [-0.15, -0.1) is 0 Å². The Morgan fingerprint density at radius 1 is 1.23 bits per heavy atom. The summed E-state index contributed by atoms with van der Waals surface area (Å²) in [5, 5.41) is 9.42. The molecule has 1 N–H and O–H groups in total. The smallest absolute Gasteiger partial charge is 0.334 e. The summed E-state index contributed by atoms with van der Waals surface area (Å²) >= 11 is 0. The van der Waals surface area contributed by atoms with Crippen molar-refractivity contribution in [1.82, 2.24) is 0 Å². The van der Waals surface area contributed by atoms with E-state index in [9.17, 15) is 19.6 Å². The molecule has 0 bridgehead atoms. The highest BCUT2D eigenvalue weighted by Gasteiger charge is 2.46. The van der Waals surface area contributed by atoms with Crippen LogP contribution < -0.4 is 0 Å². The highest BCUT2D eigenvalue weighted by Crippen LogP contribution is 2.38. The summed E-state index contributed by atoms with van der Waals surface area (Å²) in [5.74, 6) is -2.32. The molecule has 0 saturated carbocycles. The maximum atomic E-state index is 12.4. The second-order valence-corrected chi connectivity index (χ2v) is 7.54. The molecule has 30 heavy (non-hydrogen) atoms. The van der Waals surface area contributed by atoms with E-state index in [0.29, 0.717) is 16.7 Å². The number of carbonyl (C=O) groups excluding carboxylic acids is 3. The van der Waals surface area contributed by atoms with Crippen LogP contribution in [0.5, 0.6) is 0 Å². The molecule has 1 fully saturated rings. The van der Waals surface area contributed by atoms with Gasteiger partial charge in [0.25, 0.3) is 0 Å². The van der Waals surface area contributed by atoms with E-state index in [1.54, 1.807) is 32.9 Å². The van der Waals surface area contributed by atoms with E-state index in [4.69, 9.17) is 14.2 Å². The Balaban J connectivity index is 2.51. The Morgan fingerprint density at radius 3 is 2.47 bits per heavy atom. The highest BCUT2D eigenvalue weighted by molar-refractivity contribution is 5.92. The second kappa shape index (κ2) is 9.86. The Hall–Kier alpha value is -2.71. The molecule has 0 aromatic carbocycles. The number of carbonyl (C=O) groups is 3. The van der Waals surface area contributed by atoms with Crippen LogP contribution in [0.4, 0.5) is 0 Å². The maximum Gasteiger partial charge on any atom is 0.334 e. The molecule has 0 amide bonds. The molecule has 164 valence electrons. The third kappa shape index (κ3) is 5.25. The van der Waals surface area contributed by atoms with Crippen molar-refractivity contribution in [2.24, 2.45) is 5.92 Å². The first-order chi connectivity index (χ1) is 14.1. The van der Waals surface area contributed by atoms with E-state index in [1.165, 1.54) is 6.92 Å². The van der Waals surface area contributed by atoms with E-state index in [2.05, 4.69) is 18.0 Å². The lowest BCUT2D eigenvalue weighted by Gasteiger charge is -2.31. The standard InChI is InChI=1S/C22H28O8/c1-7-11(2)21(24)28-18-9-13(4)17(30-26)10-16(27-15(6)23)12(3)8-19-20(18)14(5)22(25)29-19/h7-8,16-20,26H,4-5,9-10H2,1-3,6H3/b11-7+,12-8-/t16?,17-,18?,19-,20-/m1/s1. The maximum absolute atomic E-state index is 12.4. The van der Waals surface area contributed by atoms with Crippen LogP contribution in [0.3, 0.4) is 0 Å². The van der Waals surface area contributed by atoms with Gasteiger partial charge >= 0.3 is 17.9 Å². The van der Waals surface area contributed by atoms with Gasteiger partial charge < -0.3 is 14.2 Å². The Kier molecular flexibility index (Phi) is 7.75. The molecule has 1 aliphatic carbocycles. The van der Waals surface area contributed by atoms with Crippen LogP contribution in [0.1, 0.15) is 40.5 Å². The van der Waals surface area contributed by atoms with Gasteiger partial charge in [-0.1, -0.05) is 19.2 Å². The molecule has 0 spiro atoms. The molecule has 8 heteroatoms. The van der Waals surface area contributed by atoms with E-state index >= 15 is 0 Å². The van der Waals surface area contributed by atoms with Crippen LogP contribution in [0, 0.1) is 5.92 Å². The molecule has 0 radical (unpaired) electrons. The summed E-state index contributed by atoms with van der Waals surface area (Å²) in [4.78, 5) is 40.8. The summed E-state index contributed by atoms with van der Waals surface area (Å²) in [6.45, 7) is 14.1. The number of esters is 3. The molecular formula is C22H28O8. The van der Waals surface area contributed by atoms with Crippen LogP contribution in [0.2, 0.25) is 0 Å². The van der Waals surface area contributed by atoms with Gasteiger partial charge in [0, 0.05) is 30.9 Å². The first-order valence-corrected chi connectivity index (χ1v) is 9.66. The molecule has 2 aliphatic rings. The van der Waals surface area contributed by atoms with Crippen molar-refractivity contribution < 1.29 is 38.7 Å². The molecule has 8 nitrogen and oxygen atoms in total. The van der Waals surface area contributed by atoms with Gasteiger partial charge in [0.2, 0.25) is 0 Å². The summed E-state index contributed by atoms with van der Waals surface area (Å²) in [5.41, 5.74) is 1.57. The summed E-state index contributed by atoms with van der Waals surface area (Å²) in [7, 11) is 0. The lowest BCUT2D eigenvalue weighted by Crippen LogP contribution is -2.37. The predicted octanol–water partition coefficient (Wildman–Crippen LogP) is 3.05. The third-order valence-electron chi connectivity index (χ3n) is 5.39. The SMILES string of the molecule is C=C1C(=O)O[C@@H]2/C=C(/C)C(OC(C)=O)C[C@@H](OO)C(=C)CC(OC(=O)/C(C)=C/C)[C@@H]12. The fourth-order valence-electron chi connectivity index (χ4n) is 3.53. The largest absolute Gasteiger partial charge is 0.458 e. The normalized spacial score (nSPS) is 31.9. The number of fused-ring (bicyclic) bond motifs is 1. The second-order valence-electron chi connectivity index (χ2n) is 7.54. The number of hydrogen-bond acceptors (Lipinski definition) is 8. The molecule has 2 rings (SSSR count). The average Bonchev–Trinajstić information content (AvgIpc) is 2.95. The fraction of sp³-hybridized carbons (Fsp3) is 0.500. The van der Waals surface area contributed by atoms with Gasteiger partial charge in [-0.2, -0.15) is 0 Å². The number of hydrogen-bond donors (Lipinski definition) is 1. The topological polar surface area (TPSA) is 108 Å².